The minimum atomic E-state index is -0.753. The average molecular weight is 259 g/mol. The Bertz CT molecular complexity index is 449. The minimum Gasteiger partial charge on any atom is -0.377 e. The summed E-state index contributed by atoms with van der Waals surface area (Å²) in [4.78, 5) is 10.1. The lowest BCUT2D eigenvalue weighted by Crippen LogP contribution is -2.07. The number of nitrogens with one attached hydrogen (secondary N) is 1. The molecule has 0 amide bonds. The standard InChI is InChI=1S/C11H12ClFN2O2/c12-8-3-4-9(15(16)17)11(10(8)13)14-6-5-7-1-2-7/h3-4,7,14H,1-2,5-6H2. The van der Waals surface area contributed by atoms with Gasteiger partial charge in [0.25, 0.3) is 5.69 Å². The molecule has 1 fully saturated rings. The molecule has 1 aliphatic rings. The predicted molar refractivity (Wildman–Crippen MR) is 63.9 cm³/mol. The maximum Gasteiger partial charge on any atom is 0.295 e. The van der Waals surface area contributed by atoms with Gasteiger partial charge in [0.15, 0.2) is 11.5 Å². The number of hydrogen-bond donors (Lipinski definition) is 1. The van der Waals surface area contributed by atoms with E-state index in [1.807, 2.05) is 0 Å². The molecule has 1 aromatic carbocycles. The van der Waals surface area contributed by atoms with Crippen LogP contribution in [0.1, 0.15) is 19.3 Å². The van der Waals surface area contributed by atoms with E-state index in [2.05, 4.69) is 5.32 Å². The van der Waals surface area contributed by atoms with Gasteiger partial charge in [0, 0.05) is 12.6 Å². The number of nitrogens with zero attached hydrogens (tertiary/aromatic N) is 1. The molecule has 0 saturated heterocycles. The van der Waals surface area contributed by atoms with Crippen LogP contribution in [0, 0.1) is 21.8 Å². The fourth-order valence-electron chi connectivity index (χ4n) is 1.67. The van der Waals surface area contributed by atoms with E-state index < -0.39 is 10.7 Å². The average Bonchev–Trinajstić information content (AvgIpc) is 3.08. The topological polar surface area (TPSA) is 55.2 Å². The molecule has 1 N–H and O–H groups in total. The monoisotopic (exact) mass is 258 g/mol. The SMILES string of the molecule is O=[N+]([O-])c1ccc(Cl)c(F)c1NCCC1CC1. The fraction of sp³-hybridized carbons (Fsp3) is 0.455. The van der Waals surface area contributed by atoms with E-state index in [0.717, 1.165) is 6.42 Å². The smallest absolute Gasteiger partial charge is 0.295 e. The van der Waals surface area contributed by atoms with E-state index in [-0.39, 0.29) is 16.4 Å². The van der Waals surface area contributed by atoms with Crippen LogP contribution in [0.3, 0.4) is 0 Å². The second-order valence-electron chi connectivity index (χ2n) is 4.17. The summed E-state index contributed by atoms with van der Waals surface area (Å²) in [5, 5.41) is 13.4. The molecule has 0 radical (unpaired) electrons. The molecular formula is C11H12ClFN2O2. The third-order valence-corrected chi connectivity index (χ3v) is 3.11. The molecule has 0 atom stereocenters. The normalized spacial score (nSPS) is 14.7. The van der Waals surface area contributed by atoms with Crippen LogP contribution in [0.15, 0.2) is 12.1 Å². The molecule has 1 aromatic rings. The molecular weight excluding hydrogens is 247 g/mol. The van der Waals surface area contributed by atoms with E-state index in [1.54, 1.807) is 0 Å². The highest BCUT2D eigenvalue weighted by molar-refractivity contribution is 6.31. The minimum absolute atomic E-state index is 0.107. The lowest BCUT2D eigenvalue weighted by Gasteiger charge is -2.08. The van der Waals surface area contributed by atoms with E-state index in [0.29, 0.717) is 12.5 Å². The highest BCUT2D eigenvalue weighted by atomic mass is 35.5. The van der Waals surface area contributed by atoms with Crippen LogP contribution < -0.4 is 5.32 Å². The molecule has 0 bridgehead atoms. The quantitative estimate of drug-likeness (QED) is 0.648. The van der Waals surface area contributed by atoms with Crippen molar-refractivity contribution in [3.63, 3.8) is 0 Å². The van der Waals surface area contributed by atoms with Crippen molar-refractivity contribution in [3.05, 3.63) is 33.1 Å². The van der Waals surface area contributed by atoms with Gasteiger partial charge in [0.2, 0.25) is 0 Å². The fourth-order valence-corrected chi connectivity index (χ4v) is 1.83. The first-order chi connectivity index (χ1) is 8.09. The zero-order valence-corrected chi connectivity index (χ0v) is 9.84. The maximum atomic E-state index is 13.7. The van der Waals surface area contributed by atoms with Crippen molar-refractivity contribution in [2.75, 3.05) is 11.9 Å². The Balaban J connectivity index is 2.15. The number of nitro groups is 1. The van der Waals surface area contributed by atoms with E-state index in [1.165, 1.54) is 25.0 Å². The summed E-state index contributed by atoms with van der Waals surface area (Å²) < 4.78 is 13.7. The van der Waals surface area contributed by atoms with Gasteiger partial charge in [0.1, 0.15) is 0 Å². The Kier molecular flexibility index (Phi) is 3.47. The van der Waals surface area contributed by atoms with Crippen molar-refractivity contribution in [2.45, 2.75) is 19.3 Å². The molecule has 6 heteroatoms. The summed E-state index contributed by atoms with van der Waals surface area (Å²) in [6, 6.07) is 2.41. The van der Waals surface area contributed by atoms with E-state index in [4.69, 9.17) is 11.6 Å². The molecule has 1 saturated carbocycles. The van der Waals surface area contributed by atoms with Crippen LogP contribution in [0.25, 0.3) is 0 Å². The number of nitro benzene ring substituents is 1. The summed E-state index contributed by atoms with van der Waals surface area (Å²) in [5.41, 5.74) is -0.383. The molecule has 0 heterocycles. The number of rotatable bonds is 5. The third kappa shape index (κ3) is 2.85. The Morgan fingerprint density at radius 1 is 1.53 bits per heavy atom. The van der Waals surface area contributed by atoms with Gasteiger partial charge in [-0.2, -0.15) is 0 Å². The Morgan fingerprint density at radius 2 is 2.24 bits per heavy atom. The first-order valence-electron chi connectivity index (χ1n) is 5.46. The molecule has 0 aromatic heterocycles. The van der Waals surface area contributed by atoms with E-state index >= 15 is 0 Å². The van der Waals surface area contributed by atoms with Crippen molar-refractivity contribution in [3.8, 4) is 0 Å². The van der Waals surface area contributed by atoms with Gasteiger partial charge < -0.3 is 5.32 Å². The second-order valence-corrected chi connectivity index (χ2v) is 4.58. The number of benzene rings is 1. The summed E-state index contributed by atoms with van der Waals surface area (Å²) in [5.74, 6) is -0.0690. The van der Waals surface area contributed by atoms with Crippen molar-refractivity contribution in [1.82, 2.24) is 0 Å². The molecule has 2 rings (SSSR count). The van der Waals surface area contributed by atoms with Gasteiger partial charge >= 0.3 is 0 Å². The molecule has 0 aliphatic heterocycles. The van der Waals surface area contributed by atoms with Crippen LogP contribution in [-0.4, -0.2) is 11.5 Å². The first-order valence-corrected chi connectivity index (χ1v) is 5.83. The summed E-state index contributed by atoms with van der Waals surface area (Å²) in [6.45, 7) is 0.531. The third-order valence-electron chi connectivity index (χ3n) is 2.82. The van der Waals surface area contributed by atoms with Gasteiger partial charge in [-0.25, -0.2) is 4.39 Å². The summed E-state index contributed by atoms with van der Waals surface area (Å²) >= 11 is 5.61. The number of hydrogen-bond acceptors (Lipinski definition) is 3. The molecule has 0 spiro atoms. The van der Waals surface area contributed by atoms with Crippen molar-refractivity contribution in [2.24, 2.45) is 5.92 Å². The highest BCUT2D eigenvalue weighted by Crippen LogP contribution is 2.34. The van der Waals surface area contributed by atoms with Crippen molar-refractivity contribution < 1.29 is 9.31 Å². The molecule has 0 unspecified atom stereocenters. The Morgan fingerprint density at radius 3 is 2.82 bits per heavy atom. The van der Waals surface area contributed by atoms with E-state index in [9.17, 15) is 14.5 Å². The predicted octanol–water partition coefficient (Wildman–Crippen LogP) is 3.60. The Hall–Kier alpha value is -1.36. The first kappa shape index (κ1) is 12.1. The van der Waals surface area contributed by atoms with Crippen molar-refractivity contribution in [1.29, 1.82) is 0 Å². The van der Waals surface area contributed by atoms with Crippen molar-refractivity contribution >= 4 is 23.0 Å². The van der Waals surface area contributed by atoms with Crippen LogP contribution in [-0.2, 0) is 0 Å². The summed E-state index contributed by atoms with van der Waals surface area (Å²) in [7, 11) is 0. The van der Waals surface area contributed by atoms with Gasteiger partial charge in [-0.15, -0.1) is 0 Å². The van der Waals surface area contributed by atoms with Gasteiger partial charge in [-0.05, 0) is 18.4 Å². The molecule has 92 valence electrons. The van der Waals surface area contributed by atoms with Crippen LogP contribution in [0.4, 0.5) is 15.8 Å². The van der Waals surface area contributed by atoms with Gasteiger partial charge in [-0.3, -0.25) is 10.1 Å². The summed E-state index contributed by atoms with van der Waals surface area (Å²) in [6.07, 6.45) is 3.30. The molecule has 17 heavy (non-hydrogen) atoms. The molecule has 1 aliphatic carbocycles. The largest absolute Gasteiger partial charge is 0.377 e. The highest BCUT2D eigenvalue weighted by Gasteiger charge is 2.23. The zero-order valence-electron chi connectivity index (χ0n) is 9.08. The molecule has 4 nitrogen and oxygen atoms in total. The van der Waals surface area contributed by atoms with Crippen LogP contribution in [0.5, 0.6) is 0 Å². The van der Waals surface area contributed by atoms with Gasteiger partial charge in [0.05, 0.1) is 9.95 Å². The lowest BCUT2D eigenvalue weighted by molar-refractivity contribution is -0.384. The van der Waals surface area contributed by atoms with Crippen LogP contribution in [0.2, 0.25) is 5.02 Å². The van der Waals surface area contributed by atoms with Crippen LogP contribution >= 0.6 is 11.6 Å². The second kappa shape index (κ2) is 4.87. The maximum absolute atomic E-state index is 13.7. The zero-order chi connectivity index (χ0) is 12.4. The number of halogens is 2. The van der Waals surface area contributed by atoms with Gasteiger partial charge in [-0.1, -0.05) is 24.4 Å². The Labute approximate surface area is 103 Å². The number of anilines is 1. The lowest BCUT2D eigenvalue weighted by atomic mass is 10.2.